The normalized spacial score (nSPS) is 12.9. The average molecular weight is 780 g/mol. The maximum atomic E-state index is 6.45. The van der Waals surface area contributed by atoms with E-state index in [2.05, 4.69) is 219 Å². The molecule has 0 N–H and O–H groups in total. The summed E-state index contributed by atoms with van der Waals surface area (Å²) in [5.41, 5.74) is 17.3. The van der Waals surface area contributed by atoms with Gasteiger partial charge in [0.1, 0.15) is 11.2 Å². The van der Waals surface area contributed by atoms with Crippen LogP contribution >= 0.6 is 0 Å². The maximum absolute atomic E-state index is 6.45. The number of nitrogens with zero attached hydrogens (tertiary/aromatic N) is 1. The van der Waals surface area contributed by atoms with Crippen LogP contribution in [-0.2, 0) is 5.41 Å². The first kappa shape index (κ1) is 35.3. The lowest BCUT2D eigenvalue weighted by Crippen LogP contribution is -2.17. The fourth-order valence-corrected chi connectivity index (χ4v) is 10.3. The maximum Gasteiger partial charge on any atom is 0.136 e. The fourth-order valence-electron chi connectivity index (χ4n) is 10.3. The van der Waals surface area contributed by atoms with Crippen molar-refractivity contribution in [1.82, 2.24) is 0 Å². The molecule has 11 aromatic rings. The SMILES string of the molecule is CC1(C)c2ccccc2-c2cccc(-c3ccccc3N(c3ccc(-c4cccc5c4ccc4ccccc45)cc3)c3ccccc3-c3ccc4c(c3)oc3ccccc34)c21. The number of anilines is 3. The molecule has 10 aromatic carbocycles. The number of rotatable bonds is 6. The van der Waals surface area contributed by atoms with Gasteiger partial charge in [0, 0.05) is 33.0 Å². The molecule has 61 heavy (non-hydrogen) atoms. The van der Waals surface area contributed by atoms with Crippen LogP contribution in [0.2, 0.25) is 0 Å². The summed E-state index contributed by atoms with van der Waals surface area (Å²) < 4.78 is 6.45. The molecule has 1 aromatic heterocycles. The second kappa shape index (κ2) is 13.7. The Morgan fingerprint density at radius 3 is 1.75 bits per heavy atom. The first-order valence-electron chi connectivity index (χ1n) is 21.2. The van der Waals surface area contributed by atoms with Gasteiger partial charge < -0.3 is 9.32 Å². The van der Waals surface area contributed by atoms with Crippen LogP contribution in [0.3, 0.4) is 0 Å². The van der Waals surface area contributed by atoms with Gasteiger partial charge in [-0.2, -0.15) is 0 Å². The summed E-state index contributed by atoms with van der Waals surface area (Å²) in [6.45, 7) is 4.75. The van der Waals surface area contributed by atoms with E-state index >= 15 is 0 Å². The Labute approximate surface area is 355 Å². The van der Waals surface area contributed by atoms with Gasteiger partial charge in [-0.3, -0.25) is 0 Å². The van der Waals surface area contributed by atoms with Crippen molar-refractivity contribution in [2.75, 3.05) is 4.90 Å². The highest BCUT2D eigenvalue weighted by molar-refractivity contribution is 6.12. The molecule has 2 nitrogen and oxygen atoms in total. The smallest absolute Gasteiger partial charge is 0.136 e. The minimum absolute atomic E-state index is 0.175. The molecule has 12 rings (SSSR count). The van der Waals surface area contributed by atoms with Crippen LogP contribution in [0.5, 0.6) is 0 Å². The Bertz CT molecular complexity index is 3520. The topological polar surface area (TPSA) is 16.4 Å². The van der Waals surface area contributed by atoms with Gasteiger partial charge in [-0.1, -0.05) is 184 Å². The molecular formula is C59H41NO. The molecule has 1 aliphatic carbocycles. The van der Waals surface area contributed by atoms with Gasteiger partial charge in [0.15, 0.2) is 0 Å². The highest BCUT2D eigenvalue weighted by atomic mass is 16.3. The van der Waals surface area contributed by atoms with Crippen molar-refractivity contribution in [2.45, 2.75) is 19.3 Å². The Morgan fingerprint density at radius 2 is 0.918 bits per heavy atom. The van der Waals surface area contributed by atoms with Crippen molar-refractivity contribution in [2.24, 2.45) is 0 Å². The summed E-state index contributed by atoms with van der Waals surface area (Å²) in [4.78, 5) is 2.46. The van der Waals surface area contributed by atoms with E-state index in [9.17, 15) is 0 Å². The van der Waals surface area contributed by atoms with E-state index < -0.39 is 0 Å². The van der Waals surface area contributed by atoms with E-state index in [0.717, 1.165) is 50.1 Å². The Hall–Kier alpha value is -7.68. The monoisotopic (exact) mass is 779 g/mol. The van der Waals surface area contributed by atoms with Gasteiger partial charge in [0.25, 0.3) is 0 Å². The third-order valence-electron chi connectivity index (χ3n) is 13.1. The lowest BCUT2D eigenvalue weighted by atomic mass is 9.78. The highest BCUT2D eigenvalue weighted by Gasteiger charge is 2.38. The summed E-state index contributed by atoms with van der Waals surface area (Å²) in [6, 6.07) is 77.5. The minimum Gasteiger partial charge on any atom is -0.456 e. The number of para-hydroxylation sites is 3. The molecule has 0 saturated carbocycles. The van der Waals surface area contributed by atoms with Crippen LogP contribution in [0.1, 0.15) is 25.0 Å². The molecular weight excluding hydrogens is 739 g/mol. The molecule has 0 bridgehead atoms. The Balaban J connectivity index is 1.06. The van der Waals surface area contributed by atoms with Crippen molar-refractivity contribution in [3.8, 4) is 44.5 Å². The number of benzene rings is 10. The Morgan fingerprint density at radius 1 is 0.361 bits per heavy atom. The molecule has 1 heterocycles. The lowest BCUT2D eigenvalue weighted by molar-refractivity contribution is 0.662. The van der Waals surface area contributed by atoms with Crippen molar-refractivity contribution >= 4 is 60.5 Å². The third-order valence-corrected chi connectivity index (χ3v) is 13.1. The number of hydrogen-bond acceptors (Lipinski definition) is 2. The van der Waals surface area contributed by atoms with Crippen LogP contribution in [0, 0.1) is 0 Å². The molecule has 0 unspecified atom stereocenters. The summed E-state index contributed by atoms with van der Waals surface area (Å²) in [7, 11) is 0. The van der Waals surface area contributed by atoms with Gasteiger partial charge in [-0.25, -0.2) is 0 Å². The average Bonchev–Trinajstić information content (AvgIpc) is 3.81. The zero-order valence-electron chi connectivity index (χ0n) is 34.1. The highest BCUT2D eigenvalue weighted by Crippen LogP contribution is 2.54. The second-order valence-electron chi connectivity index (χ2n) is 16.8. The summed E-state index contributed by atoms with van der Waals surface area (Å²) >= 11 is 0. The van der Waals surface area contributed by atoms with Gasteiger partial charge >= 0.3 is 0 Å². The first-order chi connectivity index (χ1) is 30.0. The second-order valence-corrected chi connectivity index (χ2v) is 16.8. The molecule has 0 aliphatic heterocycles. The summed E-state index contributed by atoms with van der Waals surface area (Å²) in [6.07, 6.45) is 0. The van der Waals surface area contributed by atoms with Gasteiger partial charge in [-0.05, 0) is 109 Å². The quantitative estimate of drug-likeness (QED) is 0.156. The number of fused-ring (bicyclic) bond motifs is 9. The molecule has 288 valence electrons. The van der Waals surface area contributed by atoms with Crippen LogP contribution in [0.15, 0.2) is 217 Å². The molecule has 0 fully saturated rings. The largest absolute Gasteiger partial charge is 0.456 e. The van der Waals surface area contributed by atoms with E-state index in [1.807, 2.05) is 12.1 Å². The van der Waals surface area contributed by atoms with Crippen molar-refractivity contribution in [3.05, 3.63) is 223 Å². The van der Waals surface area contributed by atoms with Gasteiger partial charge in [-0.15, -0.1) is 0 Å². The standard InChI is InChI=1S/C59H41NO/c1-59(2)53-25-9-5-18-47(53)51-23-14-24-52(58(51)59)48-19-7-11-27-55(48)60(54-26-10-6-17-44(54)40-32-36-50-49-20-8-12-28-56(49)61-57(50)37-40)41-33-29-39(30-34-41)43-21-13-22-45-42-16-4-3-15-38(42)31-35-46(43)45/h3-37H,1-2H3. The molecule has 0 amide bonds. The Kier molecular flexibility index (Phi) is 7.92. The first-order valence-corrected chi connectivity index (χ1v) is 21.2. The summed E-state index contributed by atoms with van der Waals surface area (Å²) in [5, 5.41) is 7.31. The van der Waals surface area contributed by atoms with Crippen LogP contribution in [0.25, 0.3) is 88.0 Å². The van der Waals surface area contributed by atoms with E-state index in [0.29, 0.717) is 0 Å². The van der Waals surface area contributed by atoms with Crippen molar-refractivity contribution < 1.29 is 4.42 Å². The van der Waals surface area contributed by atoms with E-state index in [4.69, 9.17) is 4.42 Å². The summed E-state index contributed by atoms with van der Waals surface area (Å²) in [5.74, 6) is 0. The van der Waals surface area contributed by atoms with Gasteiger partial charge in [0.05, 0.1) is 11.4 Å². The van der Waals surface area contributed by atoms with Crippen LogP contribution in [-0.4, -0.2) is 0 Å². The lowest BCUT2D eigenvalue weighted by Gasteiger charge is -2.31. The number of hydrogen-bond donors (Lipinski definition) is 0. The third kappa shape index (κ3) is 5.49. The zero-order valence-corrected chi connectivity index (χ0v) is 34.1. The van der Waals surface area contributed by atoms with E-state index in [1.165, 1.54) is 66.1 Å². The fraction of sp³-hybridized carbons (Fsp3) is 0.0508. The molecule has 2 heteroatoms. The minimum atomic E-state index is -0.175. The predicted octanol–water partition coefficient (Wildman–Crippen LogP) is 16.7. The predicted molar refractivity (Wildman–Crippen MR) is 257 cm³/mol. The zero-order chi connectivity index (χ0) is 40.7. The van der Waals surface area contributed by atoms with Crippen molar-refractivity contribution in [3.63, 3.8) is 0 Å². The van der Waals surface area contributed by atoms with Gasteiger partial charge in [0.2, 0.25) is 0 Å². The molecule has 0 radical (unpaired) electrons. The molecule has 0 saturated heterocycles. The molecule has 0 spiro atoms. The molecule has 1 aliphatic rings. The van der Waals surface area contributed by atoms with E-state index in [1.54, 1.807) is 0 Å². The molecule has 0 atom stereocenters. The van der Waals surface area contributed by atoms with Crippen LogP contribution in [0.4, 0.5) is 17.1 Å². The van der Waals surface area contributed by atoms with Crippen LogP contribution < -0.4 is 4.90 Å². The number of furan rings is 1. The van der Waals surface area contributed by atoms with Crippen molar-refractivity contribution in [1.29, 1.82) is 0 Å². The van der Waals surface area contributed by atoms with E-state index in [-0.39, 0.29) is 5.41 Å².